The van der Waals surface area contributed by atoms with E-state index in [9.17, 15) is 0 Å². The third kappa shape index (κ3) is 3.60. The SMILES string of the molecule is CCC(C(N)c1ccccc1)N1CCCN(C)CC1C. The lowest BCUT2D eigenvalue weighted by atomic mass is 9.95. The molecule has 20 heavy (non-hydrogen) atoms. The second-order valence-corrected chi connectivity index (χ2v) is 6.11. The van der Waals surface area contributed by atoms with Crippen LogP contribution in [0.25, 0.3) is 0 Å². The molecule has 0 radical (unpaired) electrons. The Morgan fingerprint density at radius 1 is 1.25 bits per heavy atom. The average Bonchev–Trinajstić information content (AvgIpc) is 2.62. The Kier molecular flexibility index (Phi) is 5.58. The molecule has 3 heteroatoms. The van der Waals surface area contributed by atoms with Crippen molar-refractivity contribution in [3.05, 3.63) is 35.9 Å². The number of likely N-dealkylation sites (N-methyl/N-ethyl adjacent to an activating group) is 1. The summed E-state index contributed by atoms with van der Waals surface area (Å²) >= 11 is 0. The number of nitrogens with two attached hydrogens (primary N) is 1. The van der Waals surface area contributed by atoms with E-state index in [-0.39, 0.29) is 6.04 Å². The molecule has 1 heterocycles. The zero-order chi connectivity index (χ0) is 14.5. The molecule has 1 aliphatic rings. The van der Waals surface area contributed by atoms with Crippen LogP contribution < -0.4 is 5.73 Å². The Morgan fingerprint density at radius 2 is 1.95 bits per heavy atom. The van der Waals surface area contributed by atoms with E-state index >= 15 is 0 Å². The number of hydrogen-bond donors (Lipinski definition) is 1. The van der Waals surface area contributed by atoms with Crippen molar-refractivity contribution in [1.82, 2.24) is 9.80 Å². The Bertz CT molecular complexity index is 392. The molecule has 2 rings (SSSR count). The van der Waals surface area contributed by atoms with Crippen molar-refractivity contribution in [2.45, 2.75) is 44.8 Å². The summed E-state index contributed by atoms with van der Waals surface area (Å²) in [5.41, 5.74) is 7.83. The Labute approximate surface area is 123 Å². The fourth-order valence-electron chi connectivity index (χ4n) is 3.48. The summed E-state index contributed by atoms with van der Waals surface area (Å²) in [4.78, 5) is 5.06. The van der Waals surface area contributed by atoms with E-state index in [1.165, 1.54) is 18.5 Å². The molecule has 0 aliphatic carbocycles. The first kappa shape index (κ1) is 15.5. The van der Waals surface area contributed by atoms with E-state index in [4.69, 9.17) is 5.73 Å². The van der Waals surface area contributed by atoms with Crippen molar-refractivity contribution >= 4 is 0 Å². The molecule has 1 aromatic carbocycles. The molecular weight excluding hydrogens is 246 g/mol. The highest BCUT2D eigenvalue weighted by molar-refractivity contribution is 5.20. The molecule has 0 saturated carbocycles. The summed E-state index contributed by atoms with van der Waals surface area (Å²) in [6, 6.07) is 11.6. The average molecular weight is 275 g/mol. The summed E-state index contributed by atoms with van der Waals surface area (Å²) < 4.78 is 0. The van der Waals surface area contributed by atoms with Gasteiger partial charge in [0.25, 0.3) is 0 Å². The number of hydrogen-bond acceptors (Lipinski definition) is 3. The third-order valence-electron chi connectivity index (χ3n) is 4.54. The fourth-order valence-corrected chi connectivity index (χ4v) is 3.48. The van der Waals surface area contributed by atoms with Crippen LogP contribution in [0.2, 0.25) is 0 Å². The molecule has 3 atom stereocenters. The van der Waals surface area contributed by atoms with E-state index < -0.39 is 0 Å². The largest absolute Gasteiger partial charge is 0.323 e. The third-order valence-corrected chi connectivity index (χ3v) is 4.54. The van der Waals surface area contributed by atoms with Crippen LogP contribution in [0.1, 0.15) is 38.3 Å². The minimum atomic E-state index is 0.104. The molecule has 1 aliphatic heterocycles. The molecule has 0 bridgehead atoms. The summed E-state index contributed by atoms with van der Waals surface area (Å²) in [6.45, 7) is 8.08. The van der Waals surface area contributed by atoms with Crippen LogP contribution in [0, 0.1) is 0 Å². The molecule has 0 amide bonds. The van der Waals surface area contributed by atoms with Crippen LogP contribution in [0.15, 0.2) is 30.3 Å². The smallest absolute Gasteiger partial charge is 0.0453 e. The van der Waals surface area contributed by atoms with Gasteiger partial charge in [0.05, 0.1) is 0 Å². The second kappa shape index (κ2) is 7.21. The van der Waals surface area contributed by atoms with Crippen LogP contribution >= 0.6 is 0 Å². The van der Waals surface area contributed by atoms with Crippen LogP contribution in [-0.4, -0.2) is 48.6 Å². The lowest BCUT2D eigenvalue weighted by molar-refractivity contribution is 0.119. The maximum absolute atomic E-state index is 6.57. The van der Waals surface area contributed by atoms with Gasteiger partial charge >= 0.3 is 0 Å². The summed E-state index contributed by atoms with van der Waals surface area (Å²) in [6.07, 6.45) is 2.34. The van der Waals surface area contributed by atoms with Crippen molar-refractivity contribution in [2.24, 2.45) is 5.73 Å². The lowest BCUT2D eigenvalue weighted by Crippen LogP contribution is -2.48. The molecule has 3 nitrogen and oxygen atoms in total. The van der Waals surface area contributed by atoms with Gasteiger partial charge in [-0.15, -0.1) is 0 Å². The van der Waals surface area contributed by atoms with Crippen molar-refractivity contribution in [1.29, 1.82) is 0 Å². The van der Waals surface area contributed by atoms with E-state index in [2.05, 4.69) is 61.0 Å². The number of benzene rings is 1. The fraction of sp³-hybridized carbons (Fsp3) is 0.647. The normalized spacial score (nSPS) is 25.1. The number of nitrogens with zero attached hydrogens (tertiary/aromatic N) is 2. The molecule has 1 fully saturated rings. The first-order valence-corrected chi connectivity index (χ1v) is 7.88. The van der Waals surface area contributed by atoms with Crippen molar-refractivity contribution in [3.8, 4) is 0 Å². The van der Waals surface area contributed by atoms with Crippen molar-refractivity contribution in [2.75, 3.05) is 26.7 Å². The highest BCUT2D eigenvalue weighted by Crippen LogP contribution is 2.24. The van der Waals surface area contributed by atoms with Gasteiger partial charge in [-0.3, -0.25) is 4.90 Å². The van der Waals surface area contributed by atoms with Gasteiger partial charge in [-0.1, -0.05) is 37.3 Å². The van der Waals surface area contributed by atoms with Gasteiger partial charge in [0.15, 0.2) is 0 Å². The lowest BCUT2D eigenvalue weighted by Gasteiger charge is -2.38. The molecule has 0 aromatic heterocycles. The quantitative estimate of drug-likeness (QED) is 0.916. The molecule has 0 spiro atoms. The van der Waals surface area contributed by atoms with Crippen molar-refractivity contribution in [3.63, 3.8) is 0 Å². The van der Waals surface area contributed by atoms with Gasteiger partial charge in [0.2, 0.25) is 0 Å². The Hall–Kier alpha value is -0.900. The first-order chi connectivity index (χ1) is 9.63. The zero-order valence-corrected chi connectivity index (χ0v) is 13.1. The summed E-state index contributed by atoms with van der Waals surface area (Å²) in [7, 11) is 2.22. The molecular formula is C17H29N3. The predicted octanol–water partition coefficient (Wildman–Crippen LogP) is 2.49. The van der Waals surface area contributed by atoms with Crippen molar-refractivity contribution < 1.29 is 0 Å². The highest BCUT2D eigenvalue weighted by Gasteiger charge is 2.29. The Morgan fingerprint density at radius 3 is 2.60 bits per heavy atom. The van der Waals surface area contributed by atoms with E-state index in [1.54, 1.807) is 0 Å². The van der Waals surface area contributed by atoms with E-state index in [0.717, 1.165) is 19.5 Å². The maximum Gasteiger partial charge on any atom is 0.0453 e. The van der Waals surface area contributed by atoms with Gasteiger partial charge < -0.3 is 10.6 Å². The molecule has 1 saturated heterocycles. The predicted molar refractivity (Wildman–Crippen MR) is 85.7 cm³/mol. The van der Waals surface area contributed by atoms with Gasteiger partial charge in [-0.2, -0.15) is 0 Å². The molecule has 1 aromatic rings. The van der Waals surface area contributed by atoms with Crippen LogP contribution in [0.3, 0.4) is 0 Å². The maximum atomic E-state index is 6.57. The molecule has 3 unspecified atom stereocenters. The second-order valence-electron chi connectivity index (χ2n) is 6.11. The van der Waals surface area contributed by atoms with Gasteiger partial charge in [-0.05, 0) is 38.9 Å². The van der Waals surface area contributed by atoms with Gasteiger partial charge in [-0.25, -0.2) is 0 Å². The summed E-state index contributed by atoms with van der Waals surface area (Å²) in [5.74, 6) is 0. The van der Waals surface area contributed by atoms with Crippen LogP contribution in [-0.2, 0) is 0 Å². The van der Waals surface area contributed by atoms with Gasteiger partial charge in [0, 0.05) is 31.2 Å². The Balaban J connectivity index is 2.14. The minimum absolute atomic E-state index is 0.104. The molecule has 112 valence electrons. The summed E-state index contributed by atoms with van der Waals surface area (Å²) in [5, 5.41) is 0. The minimum Gasteiger partial charge on any atom is -0.323 e. The standard InChI is InChI=1S/C17H29N3/c1-4-16(17(18)15-9-6-5-7-10-15)20-12-8-11-19(3)13-14(20)2/h5-7,9-10,14,16-17H,4,8,11-13,18H2,1-3H3. The topological polar surface area (TPSA) is 32.5 Å². The van der Waals surface area contributed by atoms with Crippen LogP contribution in [0.4, 0.5) is 0 Å². The van der Waals surface area contributed by atoms with E-state index in [0.29, 0.717) is 12.1 Å². The highest BCUT2D eigenvalue weighted by atomic mass is 15.3. The monoisotopic (exact) mass is 275 g/mol. The molecule has 2 N–H and O–H groups in total. The van der Waals surface area contributed by atoms with Gasteiger partial charge in [0.1, 0.15) is 0 Å². The van der Waals surface area contributed by atoms with Crippen LogP contribution in [0.5, 0.6) is 0 Å². The van der Waals surface area contributed by atoms with E-state index in [1.807, 2.05) is 0 Å². The first-order valence-electron chi connectivity index (χ1n) is 7.88. The number of rotatable bonds is 4. The zero-order valence-electron chi connectivity index (χ0n) is 13.1.